The van der Waals surface area contributed by atoms with Gasteiger partial charge in [-0.25, -0.2) is 0 Å². The molecule has 0 aromatic heterocycles. The lowest BCUT2D eigenvalue weighted by Gasteiger charge is -2.30. The van der Waals surface area contributed by atoms with Crippen LogP contribution >= 0.6 is 0 Å². The molecular formula is C16H28N2O. The molecule has 0 saturated heterocycles. The number of para-hydroxylation sites is 1. The van der Waals surface area contributed by atoms with Crippen LogP contribution in [0.25, 0.3) is 0 Å². The molecular weight excluding hydrogens is 236 g/mol. The van der Waals surface area contributed by atoms with Crippen molar-refractivity contribution in [1.82, 2.24) is 0 Å². The third-order valence-corrected chi connectivity index (χ3v) is 3.27. The number of anilines is 1. The number of benzene rings is 1. The molecule has 0 bridgehead atoms. The molecule has 19 heavy (non-hydrogen) atoms. The smallest absolute Gasteiger partial charge is 0.0637 e. The Morgan fingerprint density at radius 3 is 2.53 bits per heavy atom. The highest BCUT2D eigenvalue weighted by atomic mass is 16.5. The minimum atomic E-state index is 0.105. The fourth-order valence-corrected chi connectivity index (χ4v) is 2.26. The first-order chi connectivity index (χ1) is 9.10. The largest absolute Gasteiger partial charge is 0.383 e. The van der Waals surface area contributed by atoms with E-state index in [9.17, 15) is 0 Å². The van der Waals surface area contributed by atoms with Gasteiger partial charge in [0.25, 0.3) is 0 Å². The predicted octanol–water partition coefficient (Wildman–Crippen LogP) is 3.21. The Kier molecular flexibility index (Phi) is 6.89. The molecule has 0 fully saturated rings. The molecule has 0 unspecified atom stereocenters. The summed E-state index contributed by atoms with van der Waals surface area (Å²) in [6.07, 6.45) is 0.955. The molecule has 0 amide bonds. The van der Waals surface area contributed by atoms with Crippen LogP contribution in [0, 0.1) is 5.92 Å². The zero-order chi connectivity index (χ0) is 14.3. The lowest BCUT2D eigenvalue weighted by molar-refractivity contribution is 0.204. The van der Waals surface area contributed by atoms with Crippen molar-refractivity contribution in [2.24, 2.45) is 11.7 Å². The van der Waals surface area contributed by atoms with Crippen LogP contribution in [0.2, 0.25) is 0 Å². The Morgan fingerprint density at radius 2 is 1.95 bits per heavy atom. The molecule has 1 aromatic rings. The van der Waals surface area contributed by atoms with Gasteiger partial charge in [0, 0.05) is 31.9 Å². The molecule has 108 valence electrons. The van der Waals surface area contributed by atoms with Gasteiger partial charge in [-0.15, -0.1) is 0 Å². The van der Waals surface area contributed by atoms with Gasteiger partial charge < -0.3 is 15.4 Å². The van der Waals surface area contributed by atoms with Gasteiger partial charge in [0.05, 0.1) is 6.61 Å². The summed E-state index contributed by atoms with van der Waals surface area (Å²) in [6.45, 7) is 9.27. The van der Waals surface area contributed by atoms with Crippen LogP contribution in [0.5, 0.6) is 0 Å². The van der Waals surface area contributed by atoms with Crippen LogP contribution in [-0.4, -0.2) is 26.8 Å². The van der Waals surface area contributed by atoms with E-state index < -0.39 is 0 Å². The number of hydrogen-bond donors (Lipinski definition) is 1. The Bertz CT molecular complexity index is 366. The topological polar surface area (TPSA) is 38.5 Å². The van der Waals surface area contributed by atoms with Gasteiger partial charge in [-0.3, -0.25) is 0 Å². The van der Waals surface area contributed by atoms with E-state index >= 15 is 0 Å². The first-order valence-corrected chi connectivity index (χ1v) is 7.18. The maximum Gasteiger partial charge on any atom is 0.0637 e. The van der Waals surface area contributed by atoms with Crippen molar-refractivity contribution in [3.05, 3.63) is 29.8 Å². The van der Waals surface area contributed by atoms with Crippen molar-refractivity contribution in [2.45, 2.75) is 33.2 Å². The summed E-state index contributed by atoms with van der Waals surface area (Å²) < 4.78 is 5.23. The third kappa shape index (κ3) is 4.84. The van der Waals surface area contributed by atoms with E-state index in [1.54, 1.807) is 7.11 Å². The zero-order valence-electron chi connectivity index (χ0n) is 12.7. The van der Waals surface area contributed by atoms with Crippen molar-refractivity contribution >= 4 is 5.69 Å². The number of rotatable bonds is 8. The Labute approximate surface area is 117 Å². The van der Waals surface area contributed by atoms with Gasteiger partial charge in [-0.1, -0.05) is 39.0 Å². The monoisotopic (exact) mass is 264 g/mol. The summed E-state index contributed by atoms with van der Waals surface area (Å²) in [5.74, 6) is 0.614. The van der Waals surface area contributed by atoms with Crippen molar-refractivity contribution in [3.8, 4) is 0 Å². The van der Waals surface area contributed by atoms with Gasteiger partial charge in [0.1, 0.15) is 0 Å². The average Bonchev–Trinajstić information content (AvgIpc) is 2.42. The van der Waals surface area contributed by atoms with E-state index in [1.165, 1.54) is 11.3 Å². The van der Waals surface area contributed by atoms with Crippen molar-refractivity contribution in [3.63, 3.8) is 0 Å². The Hall–Kier alpha value is -1.06. The normalized spacial score (nSPS) is 12.7. The fraction of sp³-hybridized carbons (Fsp3) is 0.625. The maximum absolute atomic E-state index is 6.23. The minimum absolute atomic E-state index is 0.105. The van der Waals surface area contributed by atoms with Gasteiger partial charge >= 0.3 is 0 Å². The van der Waals surface area contributed by atoms with Crippen LogP contribution in [0.4, 0.5) is 5.69 Å². The quantitative estimate of drug-likeness (QED) is 0.783. The molecule has 1 atom stereocenters. The van der Waals surface area contributed by atoms with E-state index in [-0.39, 0.29) is 6.04 Å². The van der Waals surface area contributed by atoms with Gasteiger partial charge in [-0.2, -0.15) is 0 Å². The molecule has 2 N–H and O–H groups in total. The van der Waals surface area contributed by atoms with Crippen molar-refractivity contribution < 1.29 is 4.74 Å². The van der Waals surface area contributed by atoms with Gasteiger partial charge in [0.15, 0.2) is 0 Å². The Morgan fingerprint density at radius 1 is 1.26 bits per heavy atom. The van der Waals surface area contributed by atoms with E-state index in [0.717, 1.165) is 26.1 Å². The van der Waals surface area contributed by atoms with Crippen molar-refractivity contribution in [1.29, 1.82) is 0 Å². The molecule has 0 radical (unpaired) electrons. The van der Waals surface area contributed by atoms with Crippen molar-refractivity contribution in [2.75, 3.05) is 31.7 Å². The molecule has 0 heterocycles. The molecule has 1 aromatic carbocycles. The number of nitrogens with two attached hydrogens (primary N) is 1. The van der Waals surface area contributed by atoms with E-state index in [4.69, 9.17) is 10.5 Å². The van der Waals surface area contributed by atoms with Crippen LogP contribution in [0.3, 0.4) is 0 Å². The lowest BCUT2D eigenvalue weighted by Crippen LogP contribution is -2.32. The second-order valence-corrected chi connectivity index (χ2v) is 5.41. The van der Waals surface area contributed by atoms with Crippen LogP contribution in [0.1, 0.15) is 38.8 Å². The minimum Gasteiger partial charge on any atom is -0.383 e. The average molecular weight is 264 g/mol. The highest BCUT2D eigenvalue weighted by Gasteiger charge is 2.15. The van der Waals surface area contributed by atoms with Crippen LogP contribution < -0.4 is 10.6 Å². The Balaban J connectivity index is 2.99. The molecule has 3 heteroatoms. The van der Waals surface area contributed by atoms with Gasteiger partial charge in [-0.05, 0) is 24.0 Å². The summed E-state index contributed by atoms with van der Waals surface area (Å²) in [5.41, 5.74) is 8.72. The molecule has 0 aliphatic carbocycles. The highest BCUT2D eigenvalue weighted by Crippen LogP contribution is 2.27. The first kappa shape index (κ1) is 16.0. The molecule has 0 saturated carbocycles. The second-order valence-electron chi connectivity index (χ2n) is 5.41. The zero-order valence-corrected chi connectivity index (χ0v) is 12.7. The first-order valence-electron chi connectivity index (χ1n) is 7.18. The fourth-order valence-electron chi connectivity index (χ4n) is 2.26. The van der Waals surface area contributed by atoms with Crippen LogP contribution in [-0.2, 0) is 4.74 Å². The predicted molar refractivity (Wildman–Crippen MR) is 82.6 cm³/mol. The lowest BCUT2D eigenvalue weighted by atomic mass is 10.0. The van der Waals surface area contributed by atoms with E-state index in [2.05, 4.69) is 49.9 Å². The van der Waals surface area contributed by atoms with Gasteiger partial charge in [0.2, 0.25) is 0 Å². The molecule has 0 spiro atoms. The molecule has 1 rings (SSSR count). The standard InChI is InChI=1S/C16H28N2O/c1-5-15(17)14-8-6-7-9-16(14)18(10-11-19-4)12-13(2)3/h6-9,13,15H,5,10-12,17H2,1-4H3/t15-/m1/s1. The maximum atomic E-state index is 6.23. The summed E-state index contributed by atoms with van der Waals surface area (Å²) in [7, 11) is 1.75. The summed E-state index contributed by atoms with van der Waals surface area (Å²) in [4.78, 5) is 2.39. The van der Waals surface area contributed by atoms with E-state index in [1.807, 2.05) is 0 Å². The highest BCUT2D eigenvalue weighted by molar-refractivity contribution is 5.55. The number of hydrogen-bond acceptors (Lipinski definition) is 3. The number of methoxy groups -OCH3 is 1. The second kappa shape index (κ2) is 8.18. The number of nitrogens with zero attached hydrogens (tertiary/aromatic N) is 1. The molecule has 0 aliphatic heterocycles. The molecule has 0 aliphatic rings. The van der Waals surface area contributed by atoms with Crippen LogP contribution in [0.15, 0.2) is 24.3 Å². The summed E-state index contributed by atoms with van der Waals surface area (Å²) in [5, 5.41) is 0. The van der Waals surface area contributed by atoms with E-state index in [0.29, 0.717) is 5.92 Å². The summed E-state index contributed by atoms with van der Waals surface area (Å²) >= 11 is 0. The third-order valence-electron chi connectivity index (χ3n) is 3.27. The molecule has 3 nitrogen and oxygen atoms in total. The summed E-state index contributed by atoms with van der Waals surface area (Å²) in [6, 6.07) is 8.57. The SMILES string of the molecule is CC[C@@H](N)c1ccccc1N(CCOC)CC(C)C. The number of ether oxygens (including phenoxy) is 1.